The van der Waals surface area contributed by atoms with Crippen LogP contribution in [0, 0.1) is 5.92 Å². The number of rotatable bonds is 7. The number of H-pyrrole nitrogens is 2. The largest absolute Gasteiger partial charge is 0.381 e. The van der Waals surface area contributed by atoms with Gasteiger partial charge in [0.05, 0.1) is 33.8 Å². The molecule has 0 spiro atoms. The van der Waals surface area contributed by atoms with Gasteiger partial charge in [-0.05, 0) is 43.7 Å². The van der Waals surface area contributed by atoms with Gasteiger partial charge in [-0.1, -0.05) is 12.1 Å². The fourth-order valence-corrected chi connectivity index (χ4v) is 4.81. The molecule has 0 radical (unpaired) electrons. The van der Waals surface area contributed by atoms with Crippen LogP contribution in [-0.2, 0) is 14.8 Å². The van der Waals surface area contributed by atoms with E-state index in [4.69, 9.17) is 4.74 Å². The lowest BCUT2D eigenvalue weighted by atomic mass is 10.1. The van der Waals surface area contributed by atoms with Crippen molar-refractivity contribution in [2.75, 3.05) is 31.0 Å². The van der Waals surface area contributed by atoms with Crippen LogP contribution in [0.25, 0.3) is 11.0 Å². The second kappa shape index (κ2) is 8.56. The second-order valence-corrected chi connectivity index (χ2v) is 9.19. The smallest absolute Gasteiger partial charge is 0.323 e. The number of ether oxygens (including phenoxy) is 1. The molecule has 1 aliphatic heterocycles. The quantitative estimate of drug-likeness (QED) is 0.515. The lowest BCUT2D eigenvalue weighted by Gasteiger charge is -2.25. The average molecular weight is 445 g/mol. The zero-order valence-electron chi connectivity index (χ0n) is 17.1. The summed E-state index contributed by atoms with van der Waals surface area (Å²) in [6.07, 6.45) is 0.905. The summed E-state index contributed by atoms with van der Waals surface area (Å²) in [6.45, 7) is 4.29. The van der Waals surface area contributed by atoms with Crippen LogP contribution in [0.3, 0.4) is 0 Å². The molecule has 1 aromatic heterocycles. The molecule has 0 bridgehead atoms. The molecule has 1 saturated heterocycles. The van der Waals surface area contributed by atoms with Crippen LogP contribution < -0.4 is 10.4 Å². The van der Waals surface area contributed by atoms with Crippen LogP contribution in [0.4, 0.5) is 5.69 Å². The Labute approximate surface area is 179 Å². The summed E-state index contributed by atoms with van der Waals surface area (Å²) >= 11 is 0. The summed E-state index contributed by atoms with van der Waals surface area (Å²) in [7, 11) is -3.98. The van der Waals surface area contributed by atoms with E-state index in [-0.39, 0.29) is 28.0 Å². The number of amides is 1. The molecule has 2 aromatic carbocycles. The minimum atomic E-state index is -3.98. The van der Waals surface area contributed by atoms with Gasteiger partial charge >= 0.3 is 5.69 Å². The molecule has 1 atom stereocenters. The van der Waals surface area contributed by atoms with Gasteiger partial charge in [-0.25, -0.2) is 13.2 Å². The maximum absolute atomic E-state index is 13.2. The molecule has 1 amide bonds. The molecule has 2 heterocycles. The van der Waals surface area contributed by atoms with Gasteiger partial charge in [0, 0.05) is 25.6 Å². The number of anilines is 1. The number of aromatic nitrogens is 2. The predicted molar refractivity (Wildman–Crippen MR) is 117 cm³/mol. The van der Waals surface area contributed by atoms with E-state index < -0.39 is 15.7 Å². The lowest BCUT2D eigenvalue weighted by Crippen LogP contribution is -2.36. The number of nitrogens with zero attached hydrogens (tertiary/aromatic N) is 1. The number of imidazole rings is 1. The van der Waals surface area contributed by atoms with Gasteiger partial charge in [0.25, 0.3) is 15.9 Å². The third-order valence-corrected chi connectivity index (χ3v) is 6.73. The molecular weight excluding hydrogens is 420 g/mol. The maximum atomic E-state index is 13.2. The van der Waals surface area contributed by atoms with Crippen molar-refractivity contribution in [3.05, 3.63) is 58.5 Å². The van der Waals surface area contributed by atoms with Crippen LogP contribution in [0.15, 0.2) is 52.2 Å². The van der Waals surface area contributed by atoms with Crippen molar-refractivity contribution in [2.24, 2.45) is 5.92 Å². The number of nitrogens with one attached hydrogen (secondary N) is 3. The highest BCUT2D eigenvalue weighted by Crippen LogP contribution is 2.24. The summed E-state index contributed by atoms with van der Waals surface area (Å²) in [4.78, 5) is 31.5. The van der Waals surface area contributed by atoms with E-state index in [1.165, 1.54) is 18.2 Å². The maximum Gasteiger partial charge on any atom is 0.323 e. The van der Waals surface area contributed by atoms with Crippen LogP contribution in [-0.4, -0.2) is 55.5 Å². The molecule has 1 aliphatic rings. The van der Waals surface area contributed by atoms with Crippen molar-refractivity contribution in [3.63, 3.8) is 0 Å². The van der Waals surface area contributed by atoms with Gasteiger partial charge < -0.3 is 19.6 Å². The fraction of sp³-hybridized carbons (Fsp3) is 0.333. The van der Waals surface area contributed by atoms with Crippen LogP contribution >= 0.6 is 0 Å². The van der Waals surface area contributed by atoms with E-state index in [1.807, 2.05) is 6.92 Å². The molecule has 1 fully saturated rings. The Morgan fingerprint density at radius 3 is 2.71 bits per heavy atom. The lowest BCUT2D eigenvalue weighted by molar-refractivity contribution is 0.0732. The first-order valence-electron chi connectivity index (χ1n) is 10.1. The first kappa shape index (κ1) is 21.1. The molecule has 0 aliphatic carbocycles. The van der Waals surface area contributed by atoms with Crippen LogP contribution in [0.2, 0.25) is 0 Å². The van der Waals surface area contributed by atoms with Gasteiger partial charge in [0.1, 0.15) is 0 Å². The van der Waals surface area contributed by atoms with E-state index in [2.05, 4.69) is 14.7 Å². The standard InChI is InChI=1S/C21H24N4O5S/c1-2-25(12-14-9-10-30-13-14)20(26)16-5-3-4-6-17(16)24-31(28,29)15-7-8-18-19(11-15)23-21(27)22-18/h3-8,11,14,24H,2,9-10,12-13H2,1H3,(H2,22,23,27). The number of sulfonamides is 1. The monoisotopic (exact) mass is 444 g/mol. The molecule has 3 aromatic rings. The van der Waals surface area contributed by atoms with E-state index in [9.17, 15) is 18.0 Å². The van der Waals surface area contributed by atoms with E-state index >= 15 is 0 Å². The fourth-order valence-electron chi connectivity index (χ4n) is 3.71. The zero-order valence-corrected chi connectivity index (χ0v) is 17.9. The summed E-state index contributed by atoms with van der Waals surface area (Å²) in [5, 5.41) is 0. The molecule has 4 rings (SSSR count). The highest BCUT2D eigenvalue weighted by atomic mass is 32.2. The van der Waals surface area contributed by atoms with Crippen molar-refractivity contribution in [3.8, 4) is 0 Å². The third kappa shape index (κ3) is 4.49. The van der Waals surface area contributed by atoms with Crippen molar-refractivity contribution >= 4 is 32.7 Å². The third-order valence-electron chi connectivity index (χ3n) is 5.37. The minimum Gasteiger partial charge on any atom is -0.381 e. The highest BCUT2D eigenvalue weighted by Gasteiger charge is 2.25. The molecular formula is C21H24N4O5S. The van der Waals surface area contributed by atoms with Gasteiger partial charge in [-0.2, -0.15) is 0 Å². The Balaban J connectivity index is 1.60. The molecule has 10 heteroatoms. The van der Waals surface area contributed by atoms with Gasteiger partial charge in [0.2, 0.25) is 0 Å². The van der Waals surface area contributed by atoms with Crippen molar-refractivity contribution in [1.29, 1.82) is 0 Å². The van der Waals surface area contributed by atoms with Crippen molar-refractivity contribution < 1.29 is 17.9 Å². The number of aromatic amines is 2. The first-order valence-corrected chi connectivity index (χ1v) is 11.6. The molecule has 164 valence electrons. The van der Waals surface area contributed by atoms with E-state index in [0.717, 1.165) is 6.42 Å². The van der Waals surface area contributed by atoms with E-state index in [1.54, 1.807) is 29.2 Å². The molecule has 9 nitrogen and oxygen atoms in total. The Bertz CT molecular complexity index is 1260. The Morgan fingerprint density at radius 1 is 1.19 bits per heavy atom. The Kier molecular flexibility index (Phi) is 5.84. The number of carbonyl (C=O) groups excluding carboxylic acids is 1. The number of para-hydroxylation sites is 1. The highest BCUT2D eigenvalue weighted by molar-refractivity contribution is 7.92. The molecule has 1 unspecified atom stereocenters. The molecule has 3 N–H and O–H groups in total. The summed E-state index contributed by atoms with van der Waals surface area (Å²) in [6, 6.07) is 10.8. The minimum absolute atomic E-state index is 0.0204. The number of hydrogen-bond donors (Lipinski definition) is 3. The van der Waals surface area contributed by atoms with Crippen LogP contribution in [0.5, 0.6) is 0 Å². The first-order chi connectivity index (χ1) is 14.9. The molecule has 31 heavy (non-hydrogen) atoms. The van der Waals surface area contributed by atoms with Gasteiger partial charge in [-0.15, -0.1) is 0 Å². The van der Waals surface area contributed by atoms with Gasteiger partial charge in [-0.3, -0.25) is 9.52 Å². The summed E-state index contributed by atoms with van der Waals surface area (Å²) < 4.78 is 33.9. The van der Waals surface area contributed by atoms with Gasteiger partial charge in [0.15, 0.2) is 0 Å². The molecule has 0 saturated carbocycles. The van der Waals surface area contributed by atoms with E-state index in [0.29, 0.717) is 37.3 Å². The predicted octanol–water partition coefficient (Wildman–Crippen LogP) is 2.16. The summed E-state index contributed by atoms with van der Waals surface area (Å²) in [5.41, 5.74) is 0.960. The number of benzene rings is 2. The zero-order chi connectivity index (χ0) is 22.0. The topological polar surface area (TPSA) is 124 Å². The normalized spacial score (nSPS) is 16.5. The van der Waals surface area contributed by atoms with Crippen molar-refractivity contribution in [1.82, 2.24) is 14.9 Å². The number of hydrogen-bond acceptors (Lipinski definition) is 5. The Hall–Kier alpha value is -3.11. The average Bonchev–Trinajstić information content (AvgIpc) is 3.39. The number of fused-ring (bicyclic) bond motifs is 1. The van der Waals surface area contributed by atoms with Crippen LogP contribution in [0.1, 0.15) is 23.7 Å². The second-order valence-electron chi connectivity index (χ2n) is 7.51. The SMILES string of the molecule is CCN(CC1CCOC1)C(=O)c1ccccc1NS(=O)(=O)c1ccc2[nH]c(=O)[nH]c2c1. The van der Waals surface area contributed by atoms with Crippen molar-refractivity contribution in [2.45, 2.75) is 18.2 Å². The Morgan fingerprint density at radius 2 is 1.97 bits per heavy atom. The summed E-state index contributed by atoms with van der Waals surface area (Å²) in [5.74, 6) is 0.0427. The number of carbonyl (C=O) groups is 1.